The molecule has 1 atom stereocenters. The van der Waals surface area contributed by atoms with Crippen molar-refractivity contribution in [3.8, 4) is 0 Å². The summed E-state index contributed by atoms with van der Waals surface area (Å²) in [6.07, 6.45) is 5.80. The molecule has 3 heterocycles. The van der Waals surface area contributed by atoms with Gasteiger partial charge < -0.3 is 14.5 Å². The van der Waals surface area contributed by atoms with Gasteiger partial charge in [0.15, 0.2) is 0 Å². The molecule has 0 radical (unpaired) electrons. The number of H-pyrrole nitrogens is 1. The zero-order valence-corrected chi connectivity index (χ0v) is 19.2. The highest BCUT2D eigenvalue weighted by molar-refractivity contribution is 6.31. The number of hydrogen-bond acceptors (Lipinski definition) is 4. The molecule has 1 fully saturated rings. The van der Waals surface area contributed by atoms with Gasteiger partial charge in [-0.25, -0.2) is 4.98 Å². The van der Waals surface area contributed by atoms with E-state index in [0.717, 1.165) is 61.6 Å². The third-order valence-corrected chi connectivity index (χ3v) is 6.54. The standard InChI is InChI=1S/C25H27ClN6O/c26-20-8-9-21-22(14-20)29-23(28-21)10-11-25(33)31-12-4-7-19(16-31)13-24-30-27-17-32(24)15-18-5-2-1-3-6-18/h1-3,5-6,8-9,14,17,19H,4,7,10-13,15-16H2,(H,28,29). The van der Waals surface area contributed by atoms with Crippen molar-refractivity contribution >= 4 is 28.5 Å². The van der Waals surface area contributed by atoms with Crippen LogP contribution in [0.25, 0.3) is 11.0 Å². The molecule has 0 spiro atoms. The van der Waals surface area contributed by atoms with Crippen LogP contribution in [-0.2, 0) is 24.2 Å². The number of rotatable bonds is 7. The summed E-state index contributed by atoms with van der Waals surface area (Å²) in [6.45, 7) is 2.36. The first-order valence-corrected chi connectivity index (χ1v) is 11.8. The van der Waals surface area contributed by atoms with Gasteiger partial charge in [0, 0.05) is 37.4 Å². The fraction of sp³-hybridized carbons (Fsp3) is 0.360. The Labute approximate surface area is 197 Å². The number of benzene rings is 2. The van der Waals surface area contributed by atoms with Gasteiger partial charge in [-0.2, -0.15) is 0 Å². The number of carbonyl (C=O) groups is 1. The van der Waals surface area contributed by atoms with Crippen LogP contribution in [0.15, 0.2) is 54.9 Å². The summed E-state index contributed by atoms with van der Waals surface area (Å²) < 4.78 is 2.12. The molecule has 170 valence electrons. The van der Waals surface area contributed by atoms with Gasteiger partial charge in [-0.15, -0.1) is 10.2 Å². The monoisotopic (exact) mass is 462 g/mol. The van der Waals surface area contributed by atoms with E-state index in [4.69, 9.17) is 11.6 Å². The molecule has 5 rings (SSSR count). The number of aryl methyl sites for hydroxylation is 1. The van der Waals surface area contributed by atoms with Gasteiger partial charge in [0.2, 0.25) is 5.91 Å². The summed E-state index contributed by atoms with van der Waals surface area (Å²) in [5.74, 6) is 2.39. The lowest BCUT2D eigenvalue weighted by Crippen LogP contribution is -2.40. The van der Waals surface area contributed by atoms with Crippen LogP contribution in [0.1, 0.15) is 36.5 Å². The van der Waals surface area contributed by atoms with Gasteiger partial charge in [0.05, 0.1) is 17.6 Å². The first-order chi connectivity index (χ1) is 16.1. The van der Waals surface area contributed by atoms with Crippen molar-refractivity contribution in [1.29, 1.82) is 0 Å². The lowest BCUT2D eigenvalue weighted by atomic mass is 9.94. The lowest BCUT2D eigenvalue weighted by molar-refractivity contribution is -0.133. The summed E-state index contributed by atoms with van der Waals surface area (Å²) in [5, 5.41) is 9.18. The predicted octanol–water partition coefficient (Wildman–Crippen LogP) is 4.27. The fourth-order valence-electron chi connectivity index (χ4n) is 4.60. The number of likely N-dealkylation sites (tertiary alicyclic amines) is 1. The average molecular weight is 463 g/mol. The number of aromatic amines is 1. The summed E-state index contributed by atoms with van der Waals surface area (Å²) >= 11 is 6.05. The zero-order valence-electron chi connectivity index (χ0n) is 18.5. The van der Waals surface area contributed by atoms with Crippen LogP contribution in [0.5, 0.6) is 0 Å². The Morgan fingerprint density at radius 2 is 2.06 bits per heavy atom. The van der Waals surface area contributed by atoms with Gasteiger partial charge in [-0.05, 0) is 42.5 Å². The third kappa shape index (κ3) is 5.25. The number of halogens is 1. The van der Waals surface area contributed by atoms with Crippen molar-refractivity contribution in [2.75, 3.05) is 13.1 Å². The van der Waals surface area contributed by atoms with Gasteiger partial charge in [0.1, 0.15) is 18.0 Å². The van der Waals surface area contributed by atoms with E-state index in [1.165, 1.54) is 5.56 Å². The lowest BCUT2D eigenvalue weighted by Gasteiger charge is -2.32. The fourth-order valence-corrected chi connectivity index (χ4v) is 4.77. The summed E-state index contributed by atoms with van der Waals surface area (Å²) in [6, 6.07) is 15.9. The van der Waals surface area contributed by atoms with Crippen molar-refractivity contribution in [3.05, 3.63) is 77.1 Å². The smallest absolute Gasteiger partial charge is 0.223 e. The SMILES string of the molecule is O=C(CCc1nc2ccc(Cl)cc2[nH]1)N1CCCC(Cc2nncn2Cc2ccccc2)C1. The molecular weight excluding hydrogens is 436 g/mol. The number of hydrogen-bond donors (Lipinski definition) is 1. The Balaban J connectivity index is 1.17. The number of nitrogens with zero attached hydrogens (tertiary/aromatic N) is 5. The van der Waals surface area contributed by atoms with E-state index in [2.05, 4.69) is 36.9 Å². The second kappa shape index (κ2) is 9.75. The molecule has 8 heteroatoms. The Morgan fingerprint density at radius 1 is 1.18 bits per heavy atom. The largest absolute Gasteiger partial charge is 0.342 e. The normalized spacial score (nSPS) is 16.4. The number of carbonyl (C=O) groups excluding carboxylic acids is 1. The average Bonchev–Trinajstić information content (AvgIpc) is 3.44. The number of nitrogens with one attached hydrogen (secondary N) is 1. The second-order valence-electron chi connectivity index (χ2n) is 8.76. The van der Waals surface area contributed by atoms with Crippen molar-refractivity contribution in [2.24, 2.45) is 5.92 Å². The van der Waals surface area contributed by atoms with E-state index in [1.54, 1.807) is 6.33 Å². The van der Waals surface area contributed by atoms with Crippen LogP contribution in [0.3, 0.4) is 0 Å². The van der Waals surface area contributed by atoms with Crippen LogP contribution < -0.4 is 0 Å². The minimum atomic E-state index is 0.184. The maximum Gasteiger partial charge on any atom is 0.223 e. The molecule has 2 aromatic heterocycles. The molecule has 7 nitrogen and oxygen atoms in total. The van der Waals surface area contributed by atoms with Crippen molar-refractivity contribution in [2.45, 2.75) is 38.6 Å². The van der Waals surface area contributed by atoms with Crippen LogP contribution in [0.4, 0.5) is 0 Å². The highest BCUT2D eigenvalue weighted by Gasteiger charge is 2.25. The Bertz CT molecular complexity index is 1230. The topological polar surface area (TPSA) is 79.7 Å². The maximum absolute atomic E-state index is 12.9. The van der Waals surface area contributed by atoms with Crippen molar-refractivity contribution < 1.29 is 4.79 Å². The first-order valence-electron chi connectivity index (χ1n) is 11.5. The summed E-state index contributed by atoms with van der Waals surface area (Å²) in [5.41, 5.74) is 3.01. The summed E-state index contributed by atoms with van der Waals surface area (Å²) in [4.78, 5) is 22.8. The molecule has 1 aliphatic rings. The van der Waals surface area contributed by atoms with E-state index >= 15 is 0 Å². The predicted molar refractivity (Wildman–Crippen MR) is 128 cm³/mol. The zero-order chi connectivity index (χ0) is 22.6. The molecular formula is C25H27ClN6O. The molecule has 1 N–H and O–H groups in total. The molecule has 1 saturated heterocycles. The van der Waals surface area contributed by atoms with Crippen LogP contribution in [0.2, 0.25) is 5.02 Å². The molecule has 1 aliphatic heterocycles. The molecule has 2 aromatic carbocycles. The van der Waals surface area contributed by atoms with Gasteiger partial charge in [-0.1, -0.05) is 41.9 Å². The molecule has 0 saturated carbocycles. The number of fused-ring (bicyclic) bond motifs is 1. The van der Waals surface area contributed by atoms with E-state index < -0.39 is 0 Å². The number of amides is 1. The number of imidazole rings is 1. The highest BCUT2D eigenvalue weighted by Crippen LogP contribution is 2.22. The number of aromatic nitrogens is 5. The highest BCUT2D eigenvalue weighted by atomic mass is 35.5. The van der Waals surface area contributed by atoms with Crippen molar-refractivity contribution in [3.63, 3.8) is 0 Å². The molecule has 1 amide bonds. The van der Waals surface area contributed by atoms with E-state index in [0.29, 0.717) is 23.8 Å². The van der Waals surface area contributed by atoms with Gasteiger partial charge in [-0.3, -0.25) is 4.79 Å². The van der Waals surface area contributed by atoms with E-state index in [9.17, 15) is 4.79 Å². The minimum absolute atomic E-state index is 0.184. The molecule has 33 heavy (non-hydrogen) atoms. The quantitative estimate of drug-likeness (QED) is 0.444. The summed E-state index contributed by atoms with van der Waals surface area (Å²) in [7, 11) is 0. The molecule has 1 unspecified atom stereocenters. The van der Waals surface area contributed by atoms with Crippen LogP contribution >= 0.6 is 11.6 Å². The van der Waals surface area contributed by atoms with Gasteiger partial charge >= 0.3 is 0 Å². The van der Waals surface area contributed by atoms with Crippen LogP contribution in [0, 0.1) is 5.92 Å². The van der Waals surface area contributed by atoms with E-state index in [1.807, 2.05) is 41.3 Å². The van der Waals surface area contributed by atoms with Gasteiger partial charge in [0.25, 0.3) is 0 Å². The van der Waals surface area contributed by atoms with E-state index in [-0.39, 0.29) is 5.91 Å². The number of piperidine rings is 1. The Hall–Kier alpha value is -3.19. The second-order valence-corrected chi connectivity index (χ2v) is 9.19. The van der Waals surface area contributed by atoms with Crippen molar-refractivity contribution in [1.82, 2.24) is 29.6 Å². The van der Waals surface area contributed by atoms with Crippen LogP contribution in [-0.4, -0.2) is 48.6 Å². The Morgan fingerprint density at radius 3 is 2.94 bits per heavy atom. The molecule has 4 aromatic rings. The maximum atomic E-state index is 12.9. The third-order valence-electron chi connectivity index (χ3n) is 6.30. The first kappa shape index (κ1) is 21.6. The minimum Gasteiger partial charge on any atom is -0.342 e. The Kier molecular flexibility index (Phi) is 6.39. The molecule has 0 bridgehead atoms. The molecule has 0 aliphatic carbocycles.